The molecule has 0 radical (unpaired) electrons. The van der Waals surface area contributed by atoms with Gasteiger partial charge in [-0.05, 0) is 50.1 Å². The van der Waals surface area contributed by atoms with Crippen LogP contribution in [0, 0.1) is 13.8 Å². The molecule has 0 saturated carbocycles. The number of pyridine rings is 1. The molecule has 0 bridgehead atoms. The lowest BCUT2D eigenvalue weighted by Gasteiger charge is -2.09. The van der Waals surface area contributed by atoms with E-state index in [1.807, 2.05) is 62.4 Å². The Bertz CT molecular complexity index is 1230. The molecule has 4 rings (SSSR count). The monoisotopic (exact) mass is 434 g/mol. The highest BCUT2D eigenvalue weighted by molar-refractivity contribution is 6.38. The molecule has 0 aliphatic heterocycles. The summed E-state index contributed by atoms with van der Waals surface area (Å²) < 4.78 is 6.92. The number of carbonyl (C=O) groups is 1. The average molecular weight is 435 g/mol. The van der Waals surface area contributed by atoms with Crippen molar-refractivity contribution in [3.63, 3.8) is 0 Å². The molecule has 0 aliphatic rings. The van der Waals surface area contributed by atoms with Gasteiger partial charge in [-0.1, -0.05) is 41.4 Å². The lowest BCUT2D eigenvalue weighted by atomic mass is 10.1. The summed E-state index contributed by atoms with van der Waals surface area (Å²) in [6.07, 6.45) is 2.21. The number of fused-ring (bicyclic) bond motifs is 1. The van der Waals surface area contributed by atoms with E-state index in [1.165, 1.54) is 6.20 Å². The van der Waals surface area contributed by atoms with E-state index in [9.17, 15) is 4.79 Å². The van der Waals surface area contributed by atoms with Gasteiger partial charge >= 0.3 is 0 Å². The van der Waals surface area contributed by atoms with Crippen LogP contribution in [-0.4, -0.2) is 34.3 Å². The Balaban J connectivity index is 1.53. The van der Waals surface area contributed by atoms with Crippen LogP contribution in [0.25, 0.3) is 16.7 Å². The van der Waals surface area contributed by atoms with Crippen molar-refractivity contribution in [3.8, 4) is 11.4 Å². The third kappa shape index (κ3) is 4.25. The first kappa shape index (κ1) is 20.9. The second kappa shape index (κ2) is 8.78. The zero-order chi connectivity index (χ0) is 22.0. The number of rotatable bonds is 6. The fourth-order valence-electron chi connectivity index (χ4n) is 3.44. The van der Waals surface area contributed by atoms with Gasteiger partial charge in [0.05, 0.1) is 34.5 Å². The van der Waals surface area contributed by atoms with Crippen LogP contribution in [0.5, 0.6) is 5.75 Å². The van der Waals surface area contributed by atoms with Crippen molar-refractivity contribution in [2.24, 2.45) is 0 Å². The number of methoxy groups -OCH3 is 1. The maximum Gasteiger partial charge on any atom is 0.254 e. The van der Waals surface area contributed by atoms with E-state index in [0.29, 0.717) is 34.6 Å². The summed E-state index contributed by atoms with van der Waals surface area (Å²) in [6, 6.07) is 15.8. The summed E-state index contributed by atoms with van der Waals surface area (Å²) in [4.78, 5) is 17.3. The van der Waals surface area contributed by atoms with Crippen molar-refractivity contribution in [2.75, 3.05) is 13.7 Å². The van der Waals surface area contributed by atoms with E-state index in [0.717, 1.165) is 28.3 Å². The third-order valence-electron chi connectivity index (χ3n) is 5.19. The predicted molar refractivity (Wildman–Crippen MR) is 122 cm³/mol. The molecule has 1 amide bonds. The van der Waals surface area contributed by atoms with Crippen molar-refractivity contribution in [3.05, 3.63) is 82.1 Å². The first-order valence-electron chi connectivity index (χ1n) is 10.00. The zero-order valence-corrected chi connectivity index (χ0v) is 18.4. The normalized spacial score (nSPS) is 11.0. The molecule has 158 valence electrons. The average Bonchev–Trinajstić information content (AvgIpc) is 3.12. The topological polar surface area (TPSA) is 69.0 Å². The number of ether oxygens (including phenoxy) is 1. The fraction of sp³-hybridized carbons (Fsp3) is 0.208. The number of hydrogen-bond acceptors (Lipinski definition) is 4. The van der Waals surface area contributed by atoms with Crippen LogP contribution in [0.2, 0.25) is 5.02 Å². The molecule has 0 spiro atoms. The van der Waals surface area contributed by atoms with Crippen molar-refractivity contribution in [1.82, 2.24) is 20.1 Å². The maximum absolute atomic E-state index is 12.7. The van der Waals surface area contributed by atoms with Gasteiger partial charge in [-0.15, -0.1) is 0 Å². The van der Waals surface area contributed by atoms with Crippen molar-refractivity contribution in [2.45, 2.75) is 20.3 Å². The molecule has 31 heavy (non-hydrogen) atoms. The van der Waals surface area contributed by atoms with Crippen molar-refractivity contribution in [1.29, 1.82) is 0 Å². The minimum absolute atomic E-state index is 0.254. The SMILES string of the molecule is COc1ccc(CCNC(=O)c2cnc3c(c(C)nn3-c3ccc(C)cc3)c2Cl)cc1. The van der Waals surface area contributed by atoms with Gasteiger partial charge in [0.2, 0.25) is 0 Å². The number of carbonyl (C=O) groups excluding carboxylic acids is 1. The van der Waals surface area contributed by atoms with E-state index < -0.39 is 0 Å². The maximum atomic E-state index is 12.7. The molecule has 2 heterocycles. The van der Waals surface area contributed by atoms with Crippen molar-refractivity contribution < 1.29 is 9.53 Å². The summed E-state index contributed by atoms with van der Waals surface area (Å²) in [7, 11) is 1.63. The Labute approximate surface area is 185 Å². The number of nitrogens with one attached hydrogen (secondary N) is 1. The summed E-state index contributed by atoms with van der Waals surface area (Å²) in [5.74, 6) is 0.552. The molecule has 2 aromatic carbocycles. The van der Waals surface area contributed by atoms with E-state index in [4.69, 9.17) is 16.3 Å². The number of benzene rings is 2. The number of amides is 1. The number of halogens is 1. The predicted octanol–water partition coefficient (Wildman–Crippen LogP) is 4.67. The lowest BCUT2D eigenvalue weighted by molar-refractivity contribution is 0.0954. The molecule has 0 fully saturated rings. The van der Waals surface area contributed by atoms with E-state index >= 15 is 0 Å². The van der Waals surface area contributed by atoms with E-state index in [2.05, 4.69) is 15.4 Å². The molecule has 2 aromatic heterocycles. The smallest absolute Gasteiger partial charge is 0.254 e. The molecule has 1 N–H and O–H groups in total. The van der Waals surface area contributed by atoms with Gasteiger partial charge in [0.15, 0.2) is 5.65 Å². The molecule has 0 atom stereocenters. The van der Waals surface area contributed by atoms with Gasteiger partial charge < -0.3 is 10.1 Å². The molecule has 0 aliphatic carbocycles. The van der Waals surface area contributed by atoms with Crippen LogP contribution in [0.3, 0.4) is 0 Å². The Morgan fingerprint density at radius 2 is 1.81 bits per heavy atom. The Hall–Kier alpha value is -3.38. The van der Waals surface area contributed by atoms with Crippen LogP contribution >= 0.6 is 11.6 Å². The van der Waals surface area contributed by atoms with Gasteiger partial charge in [0.25, 0.3) is 5.91 Å². The Morgan fingerprint density at radius 1 is 1.10 bits per heavy atom. The summed E-state index contributed by atoms with van der Waals surface area (Å²) in [5.41, 5.74) is 4.86. The quantitative estimate of drug-likeness (QED) is 0.478. The highest BCUT2D eigenvalue weighted by atomic mass is 35.5. The summed E-state index contributed by atoms with van der Waals surface area (Å²) >= 11 is 6.63. The van der Waals surface area contributed by atoms with Crippen LogP contribution in [0.4, 0.5) is 0 Å². The molecular formula is C24H23ClN4O2. The molecule has 7 heteroatoms. The zero-order valence-electron chi connectivity index (χ0n) is 17.6. The number of aryl methyl sites for hydroxylation is 2. The Kier molecular flexibility index (Phi) is 5.91. The number of aromatic nitrogens is 3. The van der Waals surface area contributed by atoms with Crippen LogP contribution in [0.15, 0.2) is 54.7 Å². The van der Waals surface area contributed by atoms with Gasteiger partial charge in [0.1, 0.15) is 5.75 Å². The largest absolute Gasteiger partial charge is 0.497 e. The fourth-order valence-corrected chi connectivity index (χ4v) is 3.80. The summed E-state index contributed by atoms with van der Waals surface area (Å²) in [5, 5.41) is 8.57. The molecule has 6 nitrogen and oxygen atoms in total. The number of hydrogen-bond donors (Lipinski definition) is 1. The first-order valence-corrected chi connectivity index (χ1v) is 10.4. The van der Waals surface area contributed by atoms with Gasteiger partial charge in [-0.2, -0.15) is 5.10 Å². The van der Waals surface area contributed by atoms with Crippen LogP contribution < -0.4 is 10.1 Å². The second-order valence-corrected chi connectivity index (χ2v) is 7.75. The Morgan fingerprint density at radius 3 is 2.48 bits per heavy atom. The molecular weight excluding hydrogens is 412 g/mol. The van der Waals surface area contributed by atoms with Crippen LogP contribution in [0.1, 0.15) is 27.2 Å². The van der Waals surface area contributed by atoms with Crippen molar-refractivity contribution >= 4 is 28.5 Å². The molecule has 0 saturated heterocycles. The molecule has 0 unspecified atom stereocenters. The first-order chi connectivity index (χ1) is 15.0. The summed E-state index contributed by atoms with van der Waals surface area (Å²) in [6.45, 7) is 4.39. The molecule has 4 aromatic rings. The standard InChI is InChI=1S/C24H23ClN4O2/c1-15-4-8-18(9-5-15)29-23-21(16(2)28-29)22(25)20(14-27-23)24(30)26-13-12-17-6-10-19(31-3)11-7-17/h4-11,14H,12-13H2,1-3H3,(H,26,30). The van der Waals surface area contributed by atoms with Gasteiger partial charge in [-0.25, -0.2) is 9.67 Å². The van der Waals surface area contributed by atoms with Gasteiger partial charge in [0, 0.05) is 12.7 Å². The lowest BCUT2D eigenvalue weighted by Crippen LogP contribution is -2.26. The van der Waals surface area contributed by atoms with Crippen LogP contribution in [-0.2, 0) is 6.42 Å². The van der Waals surface area contributed by atoms with E-state index in [1.54, 1.807) is 11.8 Å². The van der Waals surface area contributed by atoms with E-state index in [-0.39, 0.29) is 5.91 Å². The minimum Gasteiger partial charge on any atom is -0.497 e. The third-order valence-corrected chi connectivity index (χ3v) is 5.58. The second-order valence-electron chi connectivity index (χ2n) is 7.37. The number of nitrogens with zero attached hydrogens (tertiary/aromatic N) is 3. The minimum atomic E-state index is -0.254. The highest BCUT2D eigenvalue weighted by Crippen LogP contribution is 2.30. The van der Waals surface area contributed by atoms with Gasteiger partial charge in [-0.3, -0.25) is 4.79 Å². The highest BCUT2D eigenvalue weighted by Gasteiger charge is 2.19.